The fourth-order valence-corrected chi connectivity index (χ4v) is 1.94. The van der Waals surface area contributed by atoms with Crippen LogP contribution in [0, 0.1) is 21.4 Å². The molecule has 0 spiro atoms. The van der Waals surface area contributed by atoms with Crippen LogP contribution in [0.4, 0.5) is 11.4 Å². The van der Waals surface area contributed by atoms with Crippen LogP contribution in [0.2, 0.25) is 0 Å². The minimum absolute atomic E-state index is 0.0223. The Balaban J connectivity index is 2.13. The highest BCUT2D eigenvalue weighted by atomic mass is 16.6. The summed E-state index contributed by atoms with van der Waals surface area (Å²) in [6.45, 7) is 0.473. The lowest BCUT2D eigenvalue weighted by Crippen LogP contribution is -2.01. The lowest BCUT2D eigenvalue weighted by Gasteiger charge is -2.08. The number of aliphatic hydroxyl groups is 1. The minimum Gasteiger partial charge on any atom is -0.392 e. The molecule has 0 fully saturated rings. The van der Waals surface area contributed by atoms with Crippen molar-refractivity contribution in [1.29, 1.82) is 5.26 Å². The van der Waals surface area contributed by atoms with E-state index in [4.69, 9.17) is 10.4 Å². The van der Waals surface area contributed by atoms with Crippen LogP contribution >= 0.6 is 0 Å². The molecule has 0 atom stereocenters. The van der Waals surface area contributed by atoms with Gasteiger partial charge in [-0.1, -0.05) is 24.3 Å². The summed E-state index contributed by atoms with van der Waals surface area (Å²) in [6.07, 6.45) is 0. The third-order valence-corrected chi connectivity index (χ3v) is 2.98. The van der Waals surface area contributed by atoms with Gasteiger partial charge in [-0.3, -0.25) is 10.1 Å². The van der Waals surface area contributed by atoms with Crippen molar-refractivity contribution in [2.45, 2.75) is 13.2 Å². The Morgan fingerprint density at radius 2 is 2.00 bits per heavy atom. The molecule has 0 aliphatic carbocycles. The molecule has 0 amide bonds. The number of anilines is 1. The number of nitro benzene ring substituents is 1. The molecule has 0 aliphatic rings. The van der Waals surface area contributed by atoms with Crippen molar-refractivity contribution in [3.05, 3.63) is 69.3 Å². The topological polar surface area (TPSA) is 99.2 Å². The Morgan fingerprint density at radius 3 is 2.67 bits per heavy atom. The summed E-state index contributed by atoms with van der Waals surface area (Å²) in [5, 5.41) is 31.9. The van der Waals surface area contributed by atoms with Gasteiger partial charge in [-0.25, -0.2) is 0 Å². The molecule has 106 valence electrons. The van der Waals surface area contributed by atoms with E-state index >= 15 is 0 Å². The van der Waals surface area contributed by atoms with Crippen LogP contribution in [0.25, 0.3) is 0 Å². The maximum Gasteiger partial charge on any atom is 0.287 e. The summed E-state index contributed by atoms with van der Waals surface area (Å²) >= 11 is 0. The van der Waals surface area contributed by atoms with E-state index in [1.807, 2.05) is 30.3 Å². The Morgan fingerprint density at radius 1 is 1.24 bits per heavy atom. The Hall–Kier alpha value is -2.91. The monoisotopic (exact) mass is 283 g/mol. The SMILES string of the molecule is N#Cc1cc(NCc2cccc(CO)c2)ccc1[N+](=O)[O-]. The van der Waals surface area contributed by atoms with Crippen LogP contribution in [-0.4, -0.2) is 10.0 Å². The predicted octanol–water partition coefficient (Wildman–Crippen LogP) is 2.57. The molecule has 0 heterocycles. The van der Waals surface area contributed by atoms with Gasteiger partial charge in [0, 0.05) is 18.3 Å². The number of nitrogens with one attached hydrogen (secondary N) is 1. The molecule has 0 aromatic heterocycles. The lowest BCUT2D eigenvalue weighted by molar-refractivity contribution is -0.385. The van der Waals surface area contributed by atoms with Gasteiger partial charge in [-0.05, 0) is 23.3 Å². The molecule has 2 N–H and O–H groups in total. The fraction of sp³-hybridized carbons (Fsp3) is 0.133. The van der Waals surface area contributed by atoms with Gasteiger partial charge in [0.25, 0.3) is 5.69 Å². The van der Waals surface area contributed by atoms with Crippen LogP contribution in [0.1, 0.15) is 16.7 Å². The summed E-state index contributed by atoms with van der Waals surface area (Å²) in [5.74, 6) is 0. The summed E-state index contributed by atoms with van der Waals surface area (Å²) in [5.41, 5.74) is 2.24. The average molecular weight is 283 g/mol. The van der Waals surface area contributed by atoms with E-state index < -0.39 is 4.92 Å². The van der Waals surface area contributed by atoms with E-state index in [0.717, 1.165) is 11.1 Å². The number of hydrogen-bond donors (Lipinski definition) is 2. The average Bonchev–Trinajstić information content (AvgIpc) is 2.52. The third kappa shape index (κ3) is 3.55. The Labute approximate surface area is 121 Å². The number of rotatable bonds is 5. The van der Waals surface area contributed by atoms with Gasteiger partial charge < -0.3 is 10.4 Å². The second kappa shape index (κ2) is 6.50. The van der Waals surface area contributed by atoms with Crippen LogP contribution in [0.3, 0.4) is 0 Å². The van der Waals surface area contributed by atoms with Crippen molar-refractivity contribution < 1.29 is 10.0 Å². The number of nitro groups is 1. The van der Waals surface area contributed by atoms with E-state index in [1.54, 1.807) is 6.07 Å². The highest BCUT2D eigenvalue weighted by Gasteiger charge is 2.13. The molecule has 0 saturated heterocycles. The van der Waals surface area contributed by atoms with E-state index in [0.29, 0.717) is 12.2 Å². The summed E-state index contributed by atoms with van der Waals surface area (Å²) in [6, 6.07) is 13.6. The highest BCUT2D eigenvalue weighted by Crippen LogP contribution is 2.22. The zero-order valence-corrected chi connectivity index (χ0v) is 11.1. The first-order valence-corrected chi connectivity index (χ1v) is 6.25. The van der Waals surface area contributed by atoms with Crippen molar-refractivity contribution in [1.82, 2.24) is 0 Å². The third-order valence-electron chi connectivity index (χ3n) is 2.98. The van der Waals surface area contributed by atoms with E-state index in [9.17, 15) is 10.1 Å². The number of hydrogen-bond acceptors (Lipinski definition) is 5. The van der Waals surface area contributed by atoms with Crippen molar-refractivity contribution in [3.8, 4) is 6.07 Å². The largest absolute Gasteiger partial charge is 0.392 e. The molecule has 6 nitrogen and oxygen atoms in total. The normalized spacial score (nSPS) is 9.90. The van der Waals surface area contributed by atoms with E-state index in [2.05, 4.69) is 5.32 Å². The van der Waals surface area contributed by atoms with Crippen LogP contribution < -0.4 is 5.32 Å². The molecule has 2 aromatic rings. The lowest BCUT2D eigenvalue weighted by atomic mass is 10.1. The van der Waals surface area contributed by atoms with Gasteiger partial charge in [0.05, 0.1) is 11.5 Å². The zero-order valence-electron chi connectivity index (χ0n) is 11.1. The molecule has 21 heavy (non-hydrogen) atoms. The van der Waals surface area contributed by atoms with E-state index in [1.165, 1.54) is 12.1 Å². The van der Waals surface area contributed by atoms with Crippen molar-refractivity contribution in [2.75, 3.05) is 5.32 Å². The van der Waals surface area contributed by atoms with Gasteiger partial charge in [0.15, 0.2) is 0 Å². The molecule has 0 radical (unpaired) electrons. The molecule has 0 unspecified atom stereocenters. The fourth-order valence-electron chi connectivity index (χ4n) is 1.94. The molecule has 0 saturated carbocycles. The quantitative estimate of drug-likeness (QED) is 0.649. The number of benzene rings is 2. The van der Waals surface area contributed by atoms with Crippen LogP contribution in [-0.2, 0) is 13.2 Å². The summed E-state index contributed by atoms with van der Waals surface area (Å²) in [4.78, 5) is 10.2. The second-order valence-corrected chi connectivity index (χ2v) is 4.43. The highest BCUT2D eigenvalue weighted by molar-refractivity contribution is 5.58. The van der Waals surface area contributed by atoms with Gasteiger partial charge in [0.1, 0.15) is 11.6 Å². The predicted molar refractivity (Wildman–Crippen MR) is 77.5 cm³/mol. The second-order valence-electron chi connectivity index (χ2n) is 4.43. The van der Waals surface area contributed by atoms with Gasteiger partial charge in [-0.15, -0.1) is 0 Å². The number of aliphatic hydroxyl groups excluding tert-OH is 1. The maximum atomic E-state index is 10.8. The standard InChI is InChI=1S/C15H13N3O3/c16-8-13-7-14(4-5-15(13)18(20)21)17-9-11-2-1-3-12(6-11)10-19/h1-7,17,19H,9-10H2. The Kier molecular flexibility index (Phi) is 4.49. The van der Waals surface area contributed by atoms with Crippen molar-refractivity contribution >= 4 is 11.4 Å². The molecule has 2 aromatic carbocycles. The first-order valence-electron chi connectivity index (χ1n) is 6.25. The molecular formula is C15H13N3O3. The smallest absolute Gasteiger partial charge is 0.287 e. The van der Waals surface area contributed by atoms with Crippen LogP contribution in [0.15, 0.2) is 42.5 Å². The zero-order chi connectivity index (χ0) is 15.2. The van der Waals surface area contributed by atoms with Gasteiger partial charge >= 0.3 is 0 Å². The molecule has 2 rings (SSSR count). The van der Waals surface area contributed by atoms with Crippen LogP contribution in [0.5, 0.6) is 0 Å². The molecule has 6 heteroatoms. The minimum atomic E-state index is -0.576. The molecule has 0 aliphatic heterocycles. The Bertz CT molecular complexity index is 708. The molecular weight excluding hydrogens is 270 g/mol. The van der Waals surface area contributed by atoms with Gasteiger partial charge in [-0.2, -0.15) is 5.26 Å². The summed E-state index contributed by atoms with van der Waals surface area (Å²) in [7, 11) is 0. The van der Waals surface area contributed by atoms with Gasteiger partial charge in [0.2, 0.25) is 0 Å². The number of nitrogens with zero attached hydrogens (tertiary/aromatic N) is 2. The summed E-state index contributed by atoms with van der Waals surface area (Å²) < 4.78 is 0. The van der Waals surface area contributed by atoms with E-state index in [-0.39, 0.29) is 17.9 Å². The number of nitriles is 1. The maximum absolute atomic E-state index is 10.8. The first kappa shape index (κ1) is 14.5. The van der Waals surface area contributed by atoms with Crippen molar-refractivity contribution in [2.24, 2.45) is 0 Å². The first-order chi connectivity index (χ1) is 10.1. The van der Waals surface area contributed by atoms with Crippen molar-refractivity contribution in [3.63, 3.8) is 0 Å². The molecule has 0 bridgehead atoms.